The molecule has 0 aromatic carbocycles. The molecule has 0 bridgehead atoms. The van der Waals surface area contributed by atoms with Gasteiger partial charge in [0.2, 0.25) is 0 Å². The van der Waals surface area contributed by atoms with Gasteiger partial charge in [0.1, 0.15) is 0 Å². The van der Waals surface area contributed by atoms with E-state index in [0.29, 0.717) is 0 Å². The van der Waals surface area contributed by atoms with E-state index in [-0.39, 0.29) is 24.8 Å². The van der Waals surface area contributed by atoms with Crippen LogP contribution in [0.15, 0.2) is 0 Å². The molecule has 0 aliphatic rings. The van der Waals surface area contributed by atoms with Crippen LogP contribution in [-0.2, 0) is 23.2 Å². The van der Waals surface area contributed by atoms with Gasteiger partial charge in [-0.1, -0.05) is 0 Å². The van der Waals surface area contributed by atoms with E-state index in [0.717, 1.165) is 23.0 Å². The number of aromatic nitrogens is 6. The summed E-state index contributed by atoms with van der Waals surface area (Å²) in [5, 5.41) is 15.2. The van der Waals surface area contributed by atoms with Crippen molar-refractivity contribution in [1.82, 2.24) is 30.3 Å². The molecule has 0 spiro atoms. The topological polar surface area (TPSA) is 83.1 Å². The Bertz CT molecular complexity index is 279. The van der Waals surface area contributed by atoms with Crippen LogP contribution >= 0.6 is 16.7 Å². The molecule has 0 radical (unpaired) electrons. The van der Waals surface area contributed by atoms with E-state index in [9.17, 15) is 0 Å². The number of hydrogen-bond acceptors (Lipinski definition) is 4. The van der Waals surface area contributed by atoms with Crippen molar-refractivity contribution < 1.29 is 48.0 Å². The minimum absolute atomic E-state index is 0. The van der Waals surface area contributed by atoms with Crippen LogP contribution in [0, 0.1) is 0 Å². The van der Waals surface area contributed by atoms with E-state index >= 15 is 0 Å². The number of rotatable bonds is 2. The van der Waals surface area contributed by atoms with Gasteiger partial charge in [0.25, 0.3) is 0 Å². The predicted molar refractivity (Wildman–Crippen MR) is 37.1 cm³/mol. The van der Waals surface area contributed by atoms with Crippen molar-refractivity contribution >= 4 is 23.0 Å². The zero-order chi connectivity index (χ0) is 7.52. The first-order valence-corrected chi connectivity index (χ1v) is 6.94. The van der Waals surface area contributed by atoms with Crippen LogP contribution in [0.2, 0.25) is 0 Å². The van der Waals surface area contributed by atoms with Gasteiger partial charge in [-0.2, -0.15) is 0 Å². The molecule has 2 aromatic rings. The summed E-state index contributed by atoms with van der Waals surface area (Å²) in [6.07, 6.45) is 0. The summed E-state index contributed by atoms with van der Waals surface area (Å²) < 4.78 is 2.30. The van der Waals surface area contributed by atoms with Crippen LogP contribution in [0.3, 0.4) is 0 Å². The normalized spacial score (nSPS) is 9.23. The van der Waals surface area contributed by atoms with E-state index in [1.54, 1.807) is 0 Å². The Morgan fingerprint density at radius 2 is 1.38 bits per heavy atom. The summed E-state index contributed by atoms with van der Waals surface area (Å²) >= 11 is -0.746. The summed E-state index contributed by atoms with van der Waals surface area (Å²) in [4.78, 5) is 5.55. The van der Waals surface area contributed by atoms with Crippen LogP contribution in [0.1, 0.15) is 0 Å². The van der Waals surface area contributed by atoms with E-state index in [2.05, 4.69) is 30.3 Å². The molecule has 0 atom stereocenters. The average Bonchev–Trinajstić information content (AvgIpc) is 2.60. The van der Waals surface area contributed by atoms with E-state index in [4.69, 9.17) is 0 Å². The van der Waals surface area contributed by atoms with Gasteiger partial charge in [-0.25, -0.2) is 0 Å². The first-order valence-electron chi connectivity index (χ1n) is 2.69. The number of aromatic amines is 2. The predicted octanol–water partition coefficient (Wildman–Crippen LogP) is -6.88. The third-order valence-corrected chi connectivity index (χ3v) is 6.46. The van der Waals surface area contributed by atoms with Crippen molar-refractivity contribution in [2.75, 3.05) is 0 Å². The fourth-order valence-corrected chi connectivity index (χ4v) is 5.51. The molecule has 0 unspecified atom stereocenters. The van der Waals surface area contributed by atoms with Gasteiger partial charge in [0.15, 0.2) is 0 Å². The maximum absolute atomic E-state index is 3.94. The first kappa shape index (κ1) is 13.6. The second-order valence-electron chi connectivity index (χ2n) is 1.60. The van der Waals surface area contributed by atoms with E-state index in [1.807, 2.05) is 0 Å². The fourth-order valence-electron chi connectivity index (χ4n) is 0.530. The zero-order valence-corrected chi connectivity index (χ0v) is 11.7. The number of halogens is 2. The summed E-state index contributed by atoms with van der Waals surface area (Å²) in [5.74, 6) is 0. The Balaban J connectivity index is 0.000000720. The summed E-state index contributed by atoms with van der Waals surface area (Å²) in [7, 11) is 2.06. The van der Waals surface area contributed by atoms with Crippen LogP contribution in [0.5, 0.6) is 0 Å². The summed E-state index contributed by atoms with van der Waals surface area (Å²) in [6.45, 7) is 0. The molecule has 2 aromatic heterocycles. The molecule has 68 valence electrons. The van der Waals surface area contributed by atoms with Crippen LogP contribution in [0.4, 0.5) is 0 Å². The van der Waals surface area contributed by atoms with E-state index in [1.165, 1.54) is 0 Å². The van der Waals surface area contributed by atoms with Crippen molar-refractivity contribution in [3.05, 3.63) is 0 Å². The van der Waals surface area contributed by atoms with Gasteiger partial charge in [0.05, 0.1) is 0 Å². The molecule has 0 fully saturated rings. The van der Waals surface area contributed by atoms with Crippen molar-refractivity contribution in [3.8, 4) is 0 Å². The zero-order valence-electron chi connectivity index (χ0n) is 5.94. The average molecular weight is 334 g/mol. The molecule has 2 rings (SSSR count). The molecule has 0 amide bonds. The number of hydrogen-bond donors (Lipinski definition) is 2. The van der Waals surface area contributed by atoms with Crippen LogP contribution < -0.4 is 31.1 Å². The fraction of sp³-hybridized carbons (Fsp3) is 0. The van der Waals surface area contributed by atoms with E-state index < -0.39 is 23.2 Å². The number of nitrogens with one attached hydrogen (secondary N) is 2. The van der Waals surface area contributed by atoms with Crippen molar-refractivity contribution in [3.63, 3.8) is 0 Å². The first-order chi connectivity index (χ1) is 5.45. The van der Waals surface area contributed by atoms with Gasteiger partial charge >= 0.3 is 76.6 Å². The Morgan fingerprint density at radius 3 is 1.69 bits per heavy atom. The molecule has 0 aliphatic carbocycles. The van der Waals surface area contributed by atoms with Gasteiger partial charge in [-0.05, 0) is 0 Å². The molecule has 11 heteroatoms. The monoisotopic (exact) mass is 332 g/mol. The molecule has 2 heterocycles. The standard InChI is InChI=1S/2CHN3P.2ClH.Zr/c2*1-2-3-4-5-1;;;/h2*(H,2,3,4);2*1H;/q;;;;+2/p-2. The second-order valence-corrected chi connectivity index (χ2v) is 8.30. The number of H-pyrrole nitrogens is 2. The Labute approximate surface area is 101 Å². The minimum atomic E-state index is -0.746. The molecular formula is C2H2Cl2N6P2Zr. The third-order valence-electron chi connectivity index (χ3n) is 0.914. The molecule has 0 aliphatic heterocycles. The maximum atomic E-state index is 3.94. The SMILES string of the molecule is [Cl-].[Cl-].n1n[c]([Zr+2][c]2nn[nH]p2)p[nH]1. The molecule has 2 N–H and O–H groups in total. The van der Waals surface area contributed by atoms with Crippen molar-refractivity contribution in [2.24, 2.45) is 0 Å². The molecule has 6 nitrogen and oxygen atoms in total. The van der Waals surface area contributed by atoms with Gasteiger partial charge in [-0.15, -0.1) is 0 Å². The second kappa shape index (κ2) is 6.97. The summed E-state index contributed by atoms with van der Waals surface area (Å²) in [5.41, 5.74) is 0. The molecule has 0 saturated carbocycles. The summed E-state index contributed by atoms with van der Waals surface area (Å²) in [6, 6.07) is 0. The van der Waals surface area contributed by atoms with Crippen LogP contribution in [0.25, 0.3) is 0 Å². The Hall–Kier alpha value is 0.603. The van der Waals surface area contributed by atoms with Gasteiger partial charge < -0.3 is 24.8 Å². The molecule has 13 heavy (non-hydrogen) atoms. The molecular weight excluding hydrogens is 332 g/mol. The quantitative estimate of drug-likeness (QED) is 0.572. The van der Waals surface area contributed by atoms with Gasteiger partial charge in [-0.3, -0.25) is 0 Å². The van der Waals surface area contributed by atoms with Crippen molar-refractivity contribution in [2.45, 2.75) is 0 Å². The van der Waals surface area contributed by atoms with Gasteiger partial charge in [0, 0.05) is 0 Å². The Kier molecular flexibility index (Phi) is 7.29. The number of nitrogens with zero attached hydrogens (tertiary/aromatic N) is 4. The Morgan fingerprint density at radius 1 is 0.923 bits per heavy atom. The van der Waals surface area contributed by atoms with Crippen molar-refractivity contribution in [1.29, 1.82) is 0 Å². The third kappa shape index (κ3) is 4.09. The molecule has 0 saturated heterocycles. The van der Waals surface area contributed by atoms with Crippen LogP contribution in [-0.4, -0.2) is 30.3 Å².